The van der Waals surface area contributed by atoms with E-state index in [0.717, 1.165) is 24.8 Å². The van der Waals surface area contributed by atoms with Crippen LogP contribution in [0.5, 0.6) is 0 Å². The molecule has 0 bridgehead atoms. The van der Waals surface area contributed by atoms with Crippen LogP contribution in [-0.2, 0) is 4.79 Å². The molecule has 2 fully saturated rings. The van der Waals surface area contributed by atoms with E-state index in [9.17, 15) is 14.0 Å². The van der Waals surface area contributed by atoms with Gasteiger partial charge in [0.25, 0.3) is 0 Å². The maximum Gasteiger partial charge on any atom is 0.318 e. The molecular formula is C19H26FN3O2. The number of urea groups is 1. The van der Waals surface area contributed by atoms with Crippen molar-refractivity contribution in [3.63, 3.8) is 0 Å². The Bertz CT molecular complexity index is 632. The van der Waals surface area contributed by atoms with Gasteiger partial charge in [-0.25, -0.2) is 9.18 Å². The number of nitrogens with one attached hydrogen (secondary N) is 1. The van der Waals surface area contributed by atoms with Gasteiger partial charge in [-0.2, -0.15) is 0 Å². The molecule has 0 unspecified atom stereocenters. The number of halogens is 1. The topological polar surface area (TPSA) is 52.7 Å². The smallest absolute Gasteiger partial charge is 0.318 e. The molecule has 25 heavy (non-hydrogen) atoms. The lowest BCUT2D eigenvalue weighted by Crippen LogP contribution is -2.51. The quantitative estimate of drug-likeness (QED) is 0.914. The minimum Gasteiger partial charge on any atom is -0.340 e. The van der Waals surface area contributed by atoms with Gasteiger partial charge in [0, 0.05) is 31.6 Å². The molecule has 1 N–H and O–H groups in total. The summed E-state index contributed by atoms with van der Waals surface area (Å²) in [6.07, 6.45) is 2.46. The zero-order valence-corrected chi connectivity index (χ0v) is 14.9. The molecule has 0 radical (unpaired) electrons. The first-order valence-corrected chi connectivity index (χ1v) is 9.07. The van der Waals surface area contributed by atoms with E-state index in [-0.39, 0.29) is 35.8 Å². The first-order valence-electron chi connectivity index (χ1n) is 9.07. The fourth-order valence-corrected chi connectivity index (χ4v) is 3.77. The highest BCUT2D eigenvalue weighted by molar-refractivity contribution is 5.88. The van der Waals surface area contributed by atoms with Gasteiger partial charge in [-0.3, -0.25) is 4.79 Å². The third-order valence-electron chi connectivity index (χ3n) is 5.05. The van der Waals surface area contributed by atoms with Crippen molar-refractivity contribution in [1.82, 2.24) is 15.1 Å². The SMILES string of the molecule is CC(C)NC(=O)N1CCC[C@H]1C(=O)N1CC[C@H](c2ccc(F)cc2)C1. The Morgan fingerprint density at radius 3 is 2.56 bits per heavy atom. The largest absolute Gasteiger partial charge is 0.340 e. The monoisotopic (exact) mass is 347 g/mol. The van der Waals surface area contributed by atoms with Crippen LogP contribution in [0, 0.1) is 5.82 Å². The van der Waals surface area contributed by atoms with E-state index in [0.29, 0.717) is 19.6 Å². The summed E-state index contributed by atoms with van der Waals surface area (Å²) < 4.78 is 13.1. The van der Waals surface area contributed by atoms with Crippen LogP contribution in [0.4, 0.5) is 9.18 Å². The van der Waals surface area contributed by atoms with Crippen LogP contribution < -0.4 is 5.32 Å². The van der Waals surface area contributed by atoms with E-state index in [2.05, 4.69) is 5.32 Å². The fourth-order valence-electron chi connectivity index (χ4n) is 3.77. The van der Waals surface area contributed by atoms with Crippen molar-refractivity contribution < 1.29 is 14.0 Å². The predicted octanol–water partition coefficient (Wildman–Crippen LogP) is 2.72. The lowest BCUT2D eigenvalue weighted by molar-refractivity contribution is -0.134. The van der Waals surface area contributed by atoms with Crippen molar-refractivity contribution in [3.8, 4) is 0 Å². The van der Waals surface area contributed by atoms with Gasteiger partial charge in [-0.15, -0.1) is 0 Å². The van der Waals surface area contributed by atoms with Gasteiger partial charge >= 0.3 is 6.03 Å². The number of amides is 3. The van der Waals surface area contributed by atoms with E-state index in [4.69, 9.17) is 0 Å². The van der Waals surface area contributed by atoms with Crippen LogP contribution in [-0.4, -0.2) is 53.5 Å². The van der Waals surface area contributed by atoms with Gasteiger partial charge in [-0.1, -0.05) is 12.1 Å². The molecule has 1 aromatic rings. The molecule has 2 atom stereocenters. The molecule has 2 aliphatic heterocycles. The fraction of sp³-hybridized carbons (Fsp3) is 0.579. The summed E-state index contributed by atoms with van der Waals surface area (Å²) in [5.74, 6) is 0.0392. The number of carbonyl (C=O) groups excluding carboxylic acids is 2. The van der Waals surface area contributed by atoms with Crippen molar-refractivity contribution in [2.75, 3.05) is 19.6 Å². The number of hydrogen-bond acceptors (Lipinski definition) is 2. The van der Waals surface area contributed by atoms with E-state index in [1.807, 2.05) is 18.7 Å². The van der Waals surface area contributed by atoms with Crippen LogP contribution in [0.25, 0.3) is 0 Å². The normalized spacial score (nSPS) is 23.4. The molecule has 2 saturated heterocycles. The van der Waals surface area contributed by atoms with Crippen LogP contribution in [0.2, 0.25) is 0 Å². The Hall–Kier alpha value is -2.11. The third-order valence-corrected chi connectivity index (χ3v) is 5.05. The zero-order chi connectivity index (χ0) is 18.0. The standard InChI is InChI=1S/C19H26FN3O2/c1-13(2)21-19(25)23-10-3-4-17(23)18(24)22-11-9-15(12-22)14-5-7-16(20)8-6-14/h5-8,13,15,17H,3-4,9-12H2,1-2H3,(H,21,25)/t15-,17-/m0/s1. The Labute approximate surface area is 148 Å². The predicted molar refractivity (Wildman–Crippen MR) is 93.7 cm³/mol. The summed E-state index contributed by atoms with van der Waals surface area (Å²) in [6.45, 7) is 5.79. The average molecular weight is 347 g/mol. The van der Waals surface area contributed by atoms with E-state index >= 15 is 0 Å². The minimum atomic E-state index is -0.356. The summed E-state index contributed by atoms with van der Waals surface area (Å²) in [5.41, 5.74) is 1.07. The van der Waals surface area contributed by atoms with Gasteiger partial charge in [-0.05, 0) is 50.8 Å². The van der Waals surface area contributed by atoms with Crippen LogP contribution in [0.15, 0.2) is 24.3 Å². The number of hydrogen-bond donors (Lipinski definition) is 1. The van der Waals surface area contributed by atoms with Crippen molar-refractivity contribution in [2.24, 2.45) is 0 Å². The molecule has 2 heterocycles. The minimum absolute atomic E-state index is 0.0426. The first kappa shape index (κ1) is 17.7. The van der Waals surface area contributed by atoms with Crippen molar-refractivity contribution in [1.29, 1.82) is 0 Å². The number of likely N-dealkylation sites (tertiary alicyclic amines) is 2. The van der Waals surface area contributed by atoms with Crippen LogP contribution >= 0.6 is 0 Å². The summed E-state index contributed by atoms with van der Waals surface area (Å²) in [6, 6.07) is 6.07. The van der Waals surface area contributed by atoms with Gasteiger partial charge in [0.05, 0.1) is 0 Å². The molecule has 0 spiro atoms. The lowest BCUT2D eigenvalue weighted by atomic mass is 9.98. The molecule has 3 rings (SSSR count). The highest BCUT2D eigenvalue weighted by Gasteiger charge is 2.39. The zero-order valence-electron chi connectivity index (χ0n) is 14.9. The first-order chi connectivity index (χ1) is 12.0. The van der Waals surface area contributed by atoms with Gasteiger partial charge < -0.3 is 15.1 Å². The second-order valence-electron chi connectivity index (χ2n) is 7.28. The number of rotatable bonds is 3. The Balaban J connectivity index is 1.63. The summed E-state index contributed by atoms with van der Waals surface area (Å²) in [7, 11) is 0. The molecule has 0 aromatic heterocycles. The number of carbonyl (C=O) groups is 2. The van der Waals surface area contributed by atoms with Crippen LogP contribution in [0.1, 0.15) is 44.6 Å². The Kier molecular flexibility index (Phi) is 5.25. The second-order valence-corrected chi connectivity index (χ2v) is 7.28. The molecule has 0 aliphatic carbocycles. The highest BCUT2D eigenvalue weighted by Crippen LogP contribution is 2.29. The van der Waals surface area contributed by atoms with E-state index in [1.165, 1.54) is 12.1 Å². The van der Waals surface area contributed by atoms with Gasteiger partial charge in [0.2, 0.25) is 5.91 Å². The summed E-state index contributed by atoms with van der Waals surface area (Å²) in [5, 5.41) is 2.88. The van der Waals surface area contributed by atoms with Crippen LogP contribution in [0.3, 0.4) is 0 Å². The van der Waals surface area contributed by atoms with Crippen molar-refractivity contribution in [2.45, 2.75) is 51.1 Å². The molecule has 1 aromatic carbocycles. The van der Waals surface area contributed by atoms with Gasteiger partial charge in [0.15, 0.2) is 0 Å². The molecule has 6 heteroatoms. The summed E-state index contributed by atoms with van der Waals surface area (Å²) in [4.78, 5) is 28.8. The number of benzene rings is 1. The Morgan fingerprint density at radius 2 is 1.88 bits per heavy atom. The maximum absolute atomic E-state index is 13.1. The molecule has 5 nitrogen and oxygen atoms in total. The third kappa shape index (κ3) is 3.94. The highest BCUT2D eigenvalue weighted by atomic mass is 19.1. The molecule has 136 valence electrons. The molecule has 2 aliphatic rings. The van der Waals surface area contributed by atoms with E-state index in [1.54, 1.807) is 17.0 Å². The lowest BCUT2D eigenvalue weighted by Gasteiger charge is -2.28. The maximum atomic E-state index is 13.1. The van der Waals surface area contributed by atoms with Crippen molar-refractivity contribution >= 4 is 11.9 Å². The molecule has 3 amide bonds. The van der Waals surface area contributed by atoms with Crippen molar-refractivity contribution in [3.05, 3.63) is 35.6 Å². The van der Waals surface area contributed by atoms with Gasteiger partial charge in [0.1, 0.15) is 11.9 Å². The Morgan fingerprint density at radius 1 is 1.16 bits per heavy atom. The average Bonchev–Trinajstić information content (AvgIpc) is 3.24. The van der Waals surface area contributed by atoms with E-state index < -0.39 is 0 Å². The molecule has 0 saturated carbocycles. The summed E-state index contributed by atoms with van der Waals surface area (Å²) >= 11 is 0. The molecular weight excluding hydrogens is 321 g/mol. The number of nitrogens with zero attached hydrogens (tertiary/aromatic N) is 2. The second kappa shape index (κ2) is 7.42.